The van der Waals surface area contributed by atoms with E-state index in [1.54, 1.807) is 0 Å². The van der Waals surface area contributed by atoms with E-state index in [-0.39, 0.29) is 0 Å². The fourth-order valence-electron chi connectivity index (χ4n) is 0. The first-order valence-corrected chi connectivity index (χ1v) is 5.47. The fourth-order valence-corrected chi connectivity index (χ4v) is 0. The molecule has 0 aromatic carbocycles. The molecule has 2 atom stereocenters. The predicted molar refractivity (Wildman–Crippen MR) is 35.5 cm³/mol. The van der Waals surface area contributed by atoms with Crippen molar-refractivity contribution in [2.45, 2.75) is 6.92 Å². The lowest BCUT2D eigenvalue weighted by atomic mass is 11.0. The molecule has 6 heavy (non-hydrogen) atoms. The number of hydrogen-bond acceptors (Lipinski definition) is 1. The van der Waals surface area contributed by atoms with E-state index >= 15 is 0 Å². The number of nitrogens with zero attached hydrogens (tertiary/aromatic N) is 1. The minimum absolute atomic E-state index is 0.873. The van der Waals surface area contributed by atoms with Crippen LogP contribution >= 0.6 is 17.7 Å². The maximum atomic E-state index is 8.87. The lowest BCUT2D eigenvalue weighted by Gasteiger charge is -1.97. The lowest BCUT2D eigenvalue weighted by Crippen LogP contribution is -1.68. The second-order valence-corrected chi connectivity index (χ2v) is 7.24. The molecule has 0 bridgehead atoms. The molecule has 0 aliphatic rings. The third-order valence-corrected chi connectivity index (χ3v) is 2.75. The summed E-state index contributed by atoms with van der Waals surface area (Å²) in [7, 11) is 1.19. The molecule has 0 fully saturated rings. The molecule has 0 rings (SSSR count). The third-order valence-electron chi connectivity index (χ3n) is 0.584. The van der Waals surface area contributed by atoms with Crippen molar-refractivity contribution in [2.24, 2.45) is 0 Å². The first-order valence-electron chi connectivity index (χ1n) is 1.82. The highest BCUT2D eigenvalue weighted by Crippen LogP contribution is 2.34. The normalized spacial score (nSPS) is 19.7. The van der Waals surface area contributed by atoms with Gasteiger partial charge in [-0.25, -0.2) is 4.61 Å². The van der Waals surface area contributed by atoms with Gasteiger partial charge in [-0.05, 0) is 6.26 Å². The van der Waals surface area contributed by atoms with Crippen LogP contribution in [0.2, 0.25) is 0 Å². The molecule has 0 N–H and O–H groups in total. The Bertz CT molecular complexity index is 112. The molecule has 1 nitrogen and oxygen atoms in total. The second kappa shape index (κ2) is 1.97. The molecular formula is C3H10NPS. The molecular weight excluding hydrogens is 113 g/mol. The van der Waals surface area contributed by atoms with Crippen molar-refractivity contribution in [3.05, 3.63) is 0 Å². The first kappa shape index (κ1) is 6.49. The van der Waals surface area contributed by atoms with Gasteiger partial charge in [0, 0.05) is 5.75 Å². The van der Waals surface area contributed by atoms with Crippen LogP contribution in [0.25, 0.3) is 0 Å². The van der Waals surface area contributed by atoms with Gasteiger partial charge in [0.25, 0.3) is 0 Å². The lowest BCUT2D eigenvalue weighted by molar-refractivity contribution is 1.49. The molecule has 0 aliphatic carbocycles. The molecule has 38 valence electrons. The van der Waals surface area contributed by atoms with Gasteiger partial charge >= 0.3 is 0 Å². The van der Waals surface area contributed by atoms with Gasteiger partial charge in [0.1, 0.15) is 0 Å². The summed E-state index contributed by atoms with van der Waals surface area (Å²) in [6.45, 7) is 1.97. The van der Waals surface area contributed by atoms with Gasteiger partial charge in [-0.2, -0.15) is 0 Å². The van der Waals surface area contributed by atoms with E-state index < -0.39 is 9.28 Å². The summed E-state index contributed by atoms with van der Waals surface area (Å²) in [5, 5.41) is 0. The quantitative estimate of drug-likeness (QED) is 0.450. The molecule has 0 aromatic heterocycles. The summed E-state index contributed by atoms with van der Waals surface area (Å²) in [5.41, 5.74) is 0. The molecule has 0 spiro atoms. The number of rotatable bonds is 0. The molecule has 3 heteroatoms. The van der Waals surface area contributed by atoms with E-state index in [9.17, 15) is 0 Å². The molecule has 0 aliphatic heterocycles. The van der Waals surface area contributed by atoms with Crippen LogP contribution in [0.4, 0.5) is 0 Å². The largest absolute Gasteiger partial charge is 0.227 e. The van der Waals surface area contributed by atoms with Gasteiger partial charge in [0.05, 0.1) is 0 Å². The number of hydrogen-bond donors (Lipinski definition) is 0. The molecule has 2 unspecified atom stereocenters. The minimum atomic E-state index is -1.25. The maximum Gasteiger partial charge on any atom is 0.00781 e. The summed E-state index contributed by atoms with van der Waals surface area (Å²) in [6.07, 6.45) is 1.84. The second-order valence-electron chi connectivity index (χ2n) is 1.40. The average Bonchev–Trinajstić information content (AvgIpc) is 1.35. The Morgan fingerprint density at radius 3 is 2.00 bits per heavy atom. The van der Waals surface area contributed by atoms with E-state index in [2.05, 4.69) is 8.44 Å². The van der Waals surface area contributed by atoms with Gasteiger partial charge in [-0.15, -0.1) is 0 Å². The van der Waals surface area contributed by atoms with Crippen molar-refractivity contribution in [3.63, 3.8) is 0 Å². The van der Waals surface area contributed by atoms with E-state index in [1.807, 2.05) is 13.2 Å². The molecule has 0 saturated heterocycles. The van der Waals surface area contributed by atoms with Crippen molar-refractivity contribution in [1.29, 1.82) is 4.61 Å². The summed E-state index contributed by atoms with van der Waals surface area (Å²) in [5.74, 6) is 0.873. The summed E-state index contributed by atoms with van der Waals surface area (Å²) in [6, 6.07) is 0. The Kier molecular flexibility index (Phi) is 2.13. The SMILES string of the molecule is CCS(C)(#N)P. The smallest absolute Gasteiger partial charge is 0.00781 e. The zero-order valence-electron chi connectivity index (χ0n) is 4.14. The zero-order chi connectivity index (χ0) is 5.21. The Morgan fingerprint density at radius 1 is 1.83 bits per heavy atom. The highest BCUT2D eigenvalue weighted by atomic mass is 32.7. The average molecular weight is 123 g/mol. The van der Waals surface area contributed by atoms with Crippen LogP contribution in [-0.2, 0) is 0 Å². The predicted octanol–water partition coefficient (Wildman–Crippen LogP) is 1.71. The Balaban J connectivity index is 3.60. The van der Waals surface area contributed by atoms with Gasteiger partial charge < -0.3 is 0 Å². The van der Waals surface area contributed by atoms with Crippen LogP contribution < -0.4 is 0 Å². The molecule has 0 amide bonds. The standard InChI is InChI=1S/C3H10NPS/c1-3-6(2,4)5/h3,5H2,1-2H3. The van der Waals surface area contributed by atoms with Crippen molar-refractivity contribution in [2.75, 3.05) is 12.0 Å². The van der Waals surface area contributed by atoms with Crippen LogP contribution in [0, 0.1) is 4.61 Å². The first-order chi connectivity index (χ1) is 2.56. The van der Waals surface area contributed by atoms with Crippen molar-refractivity contribution < 1.29 is 0 Å². The highest BCUT2D eigenvalue weighted by Gasteiger charge is 1.88. The summed E-state index contributed by atoms with van der Waals surface area (Å²) < 4.78 is 8.87. The van der Waals surface area contributed by atoms with Crippen LogP contribution in [-0.4, -0.2) is 12.0 Å². The summed E-state index contributed by atoms with van der Waals surface area (Å²) in [4.78, 5) is 0. The van der Waals surface area contributed by atoms with Gasteiger partial charge in [0.15, 0.2) is 0 Å². The van der Waals surface area contributed by atoms with Gasteiger partial charge in [0.2, 0.25) is 0 Å². The fraction of sp³-hybridized carbons (Fsp3) is 1.00. The monoisotopic (exact) mass is 123 g/mol. The Labute approximate surface area is 42.0 Å². The zero-order valence-corrected chi connectivity index (χ0v) is 6.11. The molecule has 0 heterocycles. The van der Waals surface area contributed by atoms with Crippen molar-refractivity contribution >= 4 is 17.7 Å². The third kappa shape index (κ3) is 4.49. The van der Waals surface area contributed by atoms with Crippen molar-refractivity contribution in [1.82, 2.24) is 0 Å². The van der Waals surface area contributed by atoms with Crippen LogP contribution in [0.15, 0.2) is 0 Å². The van der Waals surface area contributed by atoms with E-state index in [0.717, 1.165) is 5.75 Å². The van der Waals surface area contributed by atoms with Gasteiger partial charge in [-0.1, -0.05) is 24.6 Å². The Hall–Kier alpha value is 0.490. The topological polar surface area (TPSA) is 23.8 Å². The van der Waals surface area contributed by atoms with Crippen LogP contribution in [0.3, 0.4) is 0 Å². The van der Waals surface area contributed by atoms with E-state index in [1.165, 1.54) is 0 Å². The van der Waals surface area contributed by atoms with E-state index in [4.69, 9.17) is 4.61 Å². The van der Waals surface area contributed by atoms with Gasteiger partial charge in [-0.3, -0.25) is 0 Å². The van der Waals surface area contributed by atoms with Crippen LogP contribution in [0.1, 0.15) is 6.92 Å². The molecule has 0 saturated carbocycles. The van der Waals surface area contributed by atoms with Crippen LogP contribution in [0.5, 0.6) is 0 Å². The van der Waals surface area contributed by atoms with E-state index in [0.29, 0.717) is 0 Å². The minimum Gasteiger partial charge on any atom is -0.227 e. The Morgan fingerprint density at radius 2 is 2.00 bits per heavy atom. The summed E-state index contributed by atoms with van der Waals surface area (Å²) >= 11 is 0. The molecule has 0 radical (unpaired) electrons. The molecule has 0 aromatic rings. The van der Waals surface area contributed by atoms with Crippen molar-refractivity contribution in [3.8, 4) is 0 Å². The highest BCUT2D eigenvalue weighted by molar-refractivity contribution is 8.59. The maximum absolute atomic E-state index is 8.87.